The molecule has 2 aromatic rings. The van der Waals surface area contributed by atoms with E-state index >= 15 is 0 Å². The van der Waals surface area contributed by atoms with Gasteiger partial charge in [-0.2, -0.15) is 0 Å². The van der Waals surface area contributed by atoms with E-state index in [1.54, 1.807) is 0 Å². The molecule has 0 aliphatic carbocycles. The Morgan fingerprint density at radius 1 is 1.57 bits per heavy atom. The van der Waals surface area contributed by atoms with Crippen LogP contribution in [0.5, 0.6) is 0 Å². The Morgan fingerprint density at radius 2 is 2.38 bits per heavy atom. The van der Waals surface area contributed by atoms with Crippen molar-refractivity contribution in [2.45, 2.75) is 43.6 Å². The molecule has 4 heteroatoms. The Balaban J connectivity index is 2.00. The van der Waals surface area contributed by atoms with E-state index in [2.05, 4.69) is 4.98 Å². The smallest absolute Gasteiger partial charge is 0.340 e. The summed E-state index contributed by atoms with van der Waals surface area (Å²) in [5.74, 6) is -1.78. The molecule has 2 fully saturated rings. The molecule has 110 valence electrons. The summed E-state index contributed by atoms with van der Waals surface area (Å²) in [5.41, 5.74) is -0.945. The van der Waals surface area contributed by atoms with Gasteiger partial charge in [0.05, 0.1) is 11.0 Å². The molecule has 1 N–H and O–H groups in total. The van der Waals surface area contributed by atoms with Crippen LogP contribution in [0.2, 0.25) is 0 Å². The second kappa shape index (κ2) is 4.88. The van der Waals surface area contributed by atoms with Gasteiger partial charge in [0, 0.05) is 59.7 Å². The maximum Gasteiger partial charge on any atom is 0.340 e. The van der Waals surface area contributed by atoms with Gasteiger partial charge in [-0.25, -0.2) is 4.79 Å². The molecule has 21 heavy (non-hydrogen) atoms. The van der Waals surface area contributed by atoms with Crippen LogP contribution in [0.3, 0.4) is 0 Å². The number of carbonyl (C=O) groups excluding carboxylic acids is 1. The number of hydrogen-bond acceptors (Lipinski definition) is 3. The summed E-state index contributed by atoms with van der Waals surface area (Å²) in [5, 5.41) is -0.208. The molecule has 2 saturated heterocycles. The Bertz CT molecular complexity index is 1330. The lowest BCUT2D eigenvalue weighted by Crippen LogP contribution is -2.43. The van der Waals surface area contributed by atoms with Crippen LogP contribution in [0.4, 0.5) is 0 Å². The number of H-pyrrole nitrogens is 1. The first-order chi connectivity index (χ1) is 16.8. The summed E-state index contributed by atoms with van der Waals surface area (Å²) in [6, 6.07) is -6.56. The number of piperidine rings is 1. The summed E-state index contributed by atoms with van der Waals surface area (Å²) >= 11 is 0. The van der Waals surface area contributed by atoms with Crippen LogP contribution in [-0.4, -0.2) is 40.9 Å². The number of ether oxygens (including phenoxy) is 1. The van der Waals surface area contributed by atoms with Gasteiger partial charge in [0.1, 0.15) is 6.08 Å². The fraction of sp³-hybridized carbons (Fsp3) is 0.471. The van der Waals surface area contributed by atoms with Gasteiger partial charge in [-0.15, -0.1) is 0 Å². The van der Waals surface area contributed by atoms with Crippen molar-refractivity contribution in [3.63, 3.8) is 0 Å². The normalized spacial score (nSPS) is 61.4. The molecule has 1 aromatic carbocycles. The molecular formula is C17H20N2O2. The van der Waals surface area contributed by atoms with Gasteiger partial charge in [-0.1, -0.05) is 18.2 Å². The number of rotatable bonds is 2. The van der Waals surface area contributed by atoms with E-state index in [0.29, 0.717) is 0 Å². The van der Waals surface area contributed by atoms with Crippen molar-refractivity contribution in [1.82, 2.24) is 9.88 Å². The third kappa shape index (κ3) is 2.14. The van der Waals surface area contributed by atoms with E-state index in [9.17, 15) is 4.79 Å². The monoisotopic (exact) mass is 301 g/mol. The lowest BCUT2D eigenvalue weighted by Gasteiger charge is -2.35. The molecule has 0 amide bonds. The van der Waals surface area contributed by atoms with Gasteiger partial charge in [0.2, 0.25) is 0 Å². The molecule has 3 atom stereocenters. The Hall–Kier alpha value is -1.81. The minimum absolute atomic E-state index is 0.196. The molecule has 1 unspecified atom stereocenters. The first-order valence-electron chi connectivity index (χ1n) is 14.4. The number of benzene rings is 1. The number of esters is 1. The van der Waals surface area contributed by atoms with Crippen LogP contribution in [0, 0.1) is 0 Å². The minimum Gasteiger partial charge on any atom is -0.459 e. The second-order valence-electron chi connectivity index (χ2n) is 4.27. The molecular weight excluding hydrogens is 264 g/mol. The lowest BCUT2D eigenvalue weighted by molar-refractivity contribution is -0.000258. The fourth-order valence-electron chi connectivity index (χ4n) is 2.01. The largest absolute Gasteiger partial charge is 0.459 e. The lowest BCUT2D eigenvalue weighted by atomic mass is 10.0. The molecule has 1 aromatic heterocycles. The van der Waals surface area contributed by atoms with Crippen molar-refractivity contribution in [3.8, 4) is 0 Å². The van der Waals surface area contributed by atoms with E-state index in [1.807, 2.05) is 0 Å². The number of hydrogen-bond donors (Lipinski definition) is 1. The Kier molecular flexibility index (Phi) is 0.961. The third-order valence-corrected chi connectivity index (χ3v) is 2.99. The van der Waals surface area contributed by atoms with Crippen LogP contribution in [0.25, 0.3) is 10.9 Å². The van der Waals surface area contributed by atoms with Crippen LogP contribution in [0.1, 0.15) is 59.2 Å². The van der Waals surface area contributed by atoms with Gasteiger partial charge < -0.3 is 14.6 Å². The van der Waals surface area contributed by atoms with Crippen molar-refractivity contribution in [2.24, 2.45) is 0 Å². The number of nitrogens with one attached hydrogen (secondary N) is 1. The quantitative estimate of drug-likeness (QED) is 0.868. The van der Waals surface area contributed by atoms with Crippen LogP contribution in [-0.2, 0) is 4.74 Å². The van der Waals surface area contributed by atoms with Gasteiger partial charge >= 0.3 is 5.97 Å². The number of carbonyl (C=O) groups is 1. The summed E-state index contributed by atoms with van der Waals surface area (Å²) in [6.07, 6.45) is -21.1. The average molecular weight is 301 g/mol. The van der Waals surface area contributed by atoms with Crippen molar-refractivity contribution in [2.75, 3.05) is 6.98 Å². The highest BCUT2D eigenvalue weighted by molar-refractivity contribution is 6.04. The molecule has 0 spiro atoms. The SMILES string of the molecule is [2H]c1ccc2c(C(=O)OC3([2H])C([2H])([2H])[C@]4([2H])N(C([2H])([2H])[2H])[C@]([2H])(C3([2H])[2H])C([2H])([2H])C4([2H])[2H])c([2H])[nH]c2c1[2H]. The summed E-state index contributed by atoms with van der Waals surface area (Å²) in [4.78, 5) is 15.1. The number of aromatic amines is 1. The van der Waals surface area contributed by atoms with Crippen LogP contribution in [0.15, 0.2) is 30.4 Å². The molecule has 2 aliphatic heterocycles. The highest BCUT2D eigenvalue weighted by Gasteiger charge is 2.40. The zero-order valence-corrected chi connectivity index (χ0v) is 10.4. The van der Waals surface area contributed by atoms with Crippen molar-refractivity contribution in [3.05, 3.63) is 36.0 Å². The van der Waals surface area contributed by atoms with Gasteiger partial charge in [-0.3, -0.25) is 0 Å². The number of para-hydroxylation sites is 1. The third-order valence-electron chi connectivity index (χ3n) is 2.99. The molecule has 3 heterocycles. The Labute approximate surface area is 148 Å². The van der Waals surface area contributed by atoms with E-state index in [-0.39, 0.29) is 16.9 Å². The van der Waals surface area contributed by atoms with Crippen molar-refractivity contribution < 1.29 is 32.8 Å². The van der Waals surface area contributed by atoms with Gasteiger partial charge in [-0.05, 0) is 25.8 Å². The molecule has 0 radical (unpaired) electrons. The Morgan fingerprint density at radius 3 is 3.14 bits per heavy atom. The maximum atomic E-state index is 13.3. The van der Waals surface area contributed by atoms with E-state index in [4.69, 9.17) is 28.0 Å². The summed E-state index contributed by atoms with van der Waals surface area (Å²) in [6.45, 7) is -3.82. The molecule has 4 rings (SSSR count). The molecule has 4 nitrogen and oxygen atoms in total. The first-order valence-corrected chi connectivity index (χ1v) is 5.94. The predicted molar refractivity (Wildman–Crippen MR) is 81.3 cm³/mol. The van der Waals surface area contributed by atoms with Crippen molar-refractivity contribution >= 4 is 16.9 Å². The van der Waals surface area contributed by atoms with Gasteiger partial charge in [0.25, 0.3) is 0 Å². The zero-order valence-electron chi connectivity index (χ0n) is 27.4. The molecule has 0 saturated carbocycles. The number of fused-ring (bicyclic) bond motifs is 3. The van der Waals surface area contributed by atoms with E-state index in [0.717, 1.165) is 12.1 Å². The molecule has 2 bridgehead atoms. The number of aromatic nitrogens is 1. The zero-order chi connectivity index (χ0) is 29.4. The van der Waals surface area contributed by atoms with Crippen LogP contribution >= 0.6 is 0 Å². The standard InChI is InChI=1S/C17H20N2O2/c1-19-11-6-7-12(19)9-13(8-11)21-17(20)15-10-18-16-5-3-2-4-14(15)16/h2-5,10-13,18H,6-9H2,1H3/t11-,12+,13?/i1D3,3D,5D,6D2,7D2,8D2,9D2,10D,11D,12D,13D. The van der Waals surface area contributed by atoms with Crippen LogP contribution < -0.4 is 0 Å². The summed E-state index contributed by atoms with van der Waals surface area (Å²) in [7, 11) is 0. The fourth-order valence-corrected chi connectivity index (χ4v) is 2.01. The second-order valence-corrected chi connectivity index (χ2v) is 4.27. The summed E-state index contributed by atoms with van der Waals surface area (Å²) < 4.78 is 145. The van der Waals surface area contributed by atoms with Crippen molar-refractivity contribution in [1.29, 1.82) is 0 Å². The number of nitrogens with zero attached hydrogens (tertiary/aromatic N) is 1. The molecule has 2 aliphatic rings. The maximum absolute atomic E-state index is 13.3. The predicted octanol–water partition coefficient (Wildman–Crippen LogP) is 2.95. The van der Waals surface area contributed by atoms with E-state index in [1.165, 1.54) is 0 Å². The highest BCUT2D eigenvalue weighted by atomic mass is 16.5. The highest BCUT2D eigenvalue weighted by Crippen LogP contribution is 2.35. The first kappa shape index (κ1) is 4.13. The minimum atomic E-state index is -4.16. The van der Waals surface area contributed by atoms with Gasteiger partial charge in [0.15, 0.2) is 0 Å². The average Bonchev–Trinajstić information content (AvgIpc) is 3.13. The van der Waals surface area contributed by atoms with E-state index < -0.39 is 79.2 Å². The topological polar surface area (TPSA) is 45.3 Å².